The highest BCUT2D eigenvalue weighted by atomic mass is 16.5. The van der Waals surface area contributed by atoms with Gasteiger partial charge in [0.1, 0.15) is 17.0 Å². The first-order chi connectivity index (χ1) is 12.1. The molecule has 0 atom stereocenters. The third-order valence-corrected chi connectivity index (χ3v) is 3.81. The number of aromatic nitrogens is 3. The van der Waals surface area contributed by atoms with Gasteiger partial charge in [0.25, 0.3) is 5.71 Å². The second-order valence-electron chi connectivity index (χ2n) is 5.57. The molecule has 0 amide bonds. The van der Waals surface area contributed by atoms with E-state index in [-0.39, 0.29) is 18.0 Å². The summed E-state index contributed by atoms with van der Waals surface area (Å²) in [5.41, 5.74) is 2.74. The maximum atomic E-state index is 12.1. The van der Waals surface area contributed by atoms with Crippen LogP contribution < -0.4 is 5.32 Å². The van der Waals surface area contributed by atoms with Gasteiger partial charge >= 0.3 is 5.97 Å². The van der Waals surface area contributed by atoms with Gasteiger partial charge in [-0.15, -0.1) is 0 Å². The summed E-state index contributed by atoms with van der Waals surface area (Å²) in [6.45, 7) is 6.43. The molecule has 0 spiro atoms. The number of carbonyl (C=O) groups is 1. The van der Waals surface area contributed by atoms with Crippen LogP contribution in [0.2, 0.25) is 0 Å². The average molecular weight is 340 g/mol. The first kappa shape index (κ1) is 16.9. The SMILES string of the molecule is CCOC(=O)c1noc2nc(C)nc(NCc3ccc(CC)cc3)c12. The highest BCUT2D eigenvalue weighted by Gasteiger charge is 2.22. The van der Waals surface area contributed by atoms with Gasteiger partial charge in [0.05, 0.1) is 6.61 Å². The molecule has 25 heavy (non-hydrogen) atoms. The third-order valence-electron chi connectivity index (χ3n) is 3.81. The van der Waals surface area contributed by atoms with E-state index in [0.717, 1.165) is 12.0 Å². The van der Waals surface area contributed by atoms with Crippen LogP contribution in [0.25, 0.3) is 11.1 Å². The van der Waals surface area contributed by atoms with Gasteiger partial charge in [-0.3, -0.25) is 0 Å². The minimum atomic E-state index is -0.552. The fourth-order valence-electron chi connectivity index (χ4n) is 2.51. The van der Waals surface area contributed by atoms with E-state index in [1.165, 1.54) is 5.56 Å². The van der Waals surface area contributed by atoms with E-state index >= 15 is 0 Å². The summed E-state index contributed by atoms with van der Waals surface area (Å²) in [6, 6.07) is 8.33. The number of rotatable bonds is 6. The Morgan fingerprint density at radius 3 is 2.56 bits per heavy atom. The molecule has 0 bridgehead atoms. The van der Waals surface area contributed by atoms with E-state index in [2.05, 4.69) is 51.6 Å². The molecule has 7 nitrogen and oxygen atoms in total. The summed E-state index contributed by atoms with van der Waals surface area (Å²) >= 11 is 0. The van der Waals surface area contributed by atoms with Crippen molar-refractivity contribution in [3.05, 3.63) is 46.9 Å². The number of ether oxygens (including phenoxy) is 1. The molecule has 0 saturated heterocycles. The molecular weight excluding hydrogens is 320 g/mol. The molecule has 3 aromatic rings. The lowest BCUT2D eigenvalue weighted by Crippen LogP contribution is -2.08. The quantitative estimate of drug-likeness (QED) is 0.689. The molecule has 0 aliphatic carbocycles. The summed E-state index contributed by atoms with van der Waals surface area (Å²) in [5.74, 6) is 0.485. The van der Waals surface area contributed by atoms with Gasteiger partial charge in [-0.2, -0.15) is 4.98 Å². The predicted molar refractivity (Wildman–Crippen MR) is 93.4 cm³/mol. The van der Waals surface area contributed by atoms with Crippen molar-refractivity contribution >= 4 is 22.9 Å². The Hall–Kier alpha value is -2.96. The number of hydrogen-bond acceptors (Lipinski definition) is 7. The van der Waals surface area contributed by atoms with Crippen LogP contribution >= 0.6 is 0 Å². The van der Waals surface area contributed by atoms with E-state index < -0.39 is 5.97 Å². The molecular formula is C18H20N4O3. The van der Waals surface area contributed by atoms with Crippen molar-refractivity contribution in [1.82, 2.24) is 15.1 Å². The number of fused-ring (bicyclic) bond motifs is 1. The Morgan fingerprint density at radius 1 is 1.16 bits per heavy atom. The largest absolute Gasteiger partial charge is 0.461 e. The summed E-state index contributed by atoms with van der Waals surface area (Å²) in [5, 5.41) is 7.49. The van der Waals surface area contributed by atoms with Crippen LogP contribution in [0.5, 0.6) is 0 Å². The molecule has 130 valence electrons. The zero-order valence-corrected chi connectivity index (χ0v) is 14.5. The second kappa shape index (κ2) is 7.29. The van der Waals surface area contributed by atoms with Gasteiger partial charge in [0, 0.05) is 6.54 Å². The van der Waals surface area contributed by atoms with Crippen molar-refractivity contribution in [2.75, 3.05) is 11.9 Å². The van der Waals surface area contributed by atoms with E-state index in [9.17, 15) is 4.79 Å². The van der Waals surface area contributed by atoms with Crippen molar-refractivity contribution in [3.63, 3.8) is 0 Å². The number of hydrogen-bond donors (Lipinski definition) is 1. The first-order valence-corrected chi connectivity index (χ1v) is 8.25. The number of benzene rings is 1. The lowest BCUT2D eigenvalue weighted by molar-refractivity contribution is 0.0517. The van der Waals surface area contributed by atoms with Crippen molar-refractivity contribution in [3.8, 4) is 0 Å². The molecule has 0 aliphatic rings. The molecule has 2 heterocycles. The lowest BCUT2D eigenvalue weighted by Gasteiger charge is -2.08. The lowest BCUT2D eigenvalue weighted by atomic mass is 10.1. The van der Waals surface area contributed by atoms with Gasteiger partial charge in [-0.1, -0.05) is 36.3 Å². The molecule has 1 aromatic carbocycles. The molecule has 0 aliphatic heterocycles. The zero-order valence-electron chi connectivity index (χ0n) is 14.5. The van der Waals surface area contributed by atoms with Crippen LogP contribution in [0, 0.1) is 6.92 Å². The Balaban J connectivity index is 1.91. The fraction of sp³-hybridized carbons (Fsp3) is 0.333. The molecule has 0 radical (unpaired) electrons. The molecule has 0 fully saturated rings. The highest BCUT2D eigenvalue weighted by Crippen LogP contribution is 2.25. The summed E-state index contributed by atoms with van der Waals surface area (Å²) in [4.78, 5) is 20.7. The molecule has 0 unspecified atom stereocenters. The number of aryl methyl sites for hydroxylation is 2. The van der Waals surface area contributed by atoms with E-state index in [0.29, 0.717) is 23.6 Å². The van der Waals surface area contributed by atoms with Crippen LogP contribution in [-0.2, 0) is 17.7 Å². The highest BCUT2D eigenvalue weighted by molar-refractivity contribution is 6.04. The maximum Gasteiger partial charge on any atom is 0.361 e. The fourth-order valence-corrected chi connectivity index (χ4v) is 2.51. The predicted octanol–water partition coefficient (Wildman–Crippen LogP) is 3.28. The van der Waals surface area contributed by atoms with E-state index in [1.54, 1.807) is 13.8 Å². The number of nitrogens with one attached hydrogen (secondary N) is 1. The van der Waals surface area contributed by atoms with Crippen molar-refractivity contribution < 1.29 is 14.1 Å². The molecule has 1 N–H and O–H groups in total. The van der Waals surface area contributed by atoms with Crippen molar-refractivity contribution in [1.29, 1.82) is 0 Å². The van der Waals surface area contributed by atoms with Crippen LogP contribution in [0.3, 0.4) is 0 Å². The smallest absolute Gasteiger partial charge is 0.361 e. The van der Waals surface area contributed by atoms with Gasteiger partial charge in [0.15, 0.2) is 0 Å². The minimum absolute atomic E-state index is 0.0840. The minimum Gasteiger partial charge on any atom is -0.461 e. The monoisotopic (exact) mass is 340 g/mol. The summed E-state index contributed by atoms with van der Waals surface area (Å²) in [7, 11) is 0. The Morgan fingerprint density at radius 2 is 1.88 bits per heavy atom. The Bertz CT molecular complexity index is 887. The van der Waals surface area contributed by atoms with Crippen LogP contribution in [0.4, 0.5) is 5.82 Å². The standard InChI is InChI=1S/C18H20N4O3/c1-4-12-6-8-13(9-7-12)10-19-16-14-15(18(23)24-5-2)22-25-17(14)21-11(3)20-16/h6-9H,4-5,10H2,1-3H3,(H,19,20,21). The molecule has 3 rings (SSSR count). The van der Waals surface area contributed by atoms with Gasteiger partial charge in [-0.05, 0) is 31.4 Å². The second-order valence-corrected chi connectivity index (χ2v) is 5.57. The number of nitrogens with zero attached hydrogens (tertiary/aromatic N) is 3. The zero-order chi connectivity index (χ0) is 17.8. The number of carbonyl (C=O) groups excluding carboxylic acids is 1. The maximum absolute atomic E-state index is 12.1. The Labute approximate surface area is 145 Å². The Kier molecular flexibility index (Phi) is 4.92. The first-order valence-electron chi connectivity index (χ1n) is 8.25. The van der Waals surface area contributed by atoms with Crippen LogP contribution in [-0.4, -0.2) is 27.7 Å². The van der Waals surface area contributed by atoms with Gasteiger partial charge in [-0.25, -0.2) is 9.78 Å². The summed E-state index contributed by atoms with van der Waals surface area (Å²) < 4.78 is 10.2. The normalized spacial score (nSPS) is 10.8. The van der Waals surface area contributed by atoms with Crippen LogP contribution in [0.1, 0.15) is 41.3 Å². The number of esters is 1. The van der Waals surface area contributed by atoms with Crippen molar-refractivity contribution in [2.45, 2.75) is 33.7 Å². The number of anilines is 1. The van der Waals surface area contributed by atoms with Gasteiger partial charge in [0.2, 0.25) is 5.69 Å². The molecule has 2 aromatic heterocycles. The van der Waals surface area contributed by atoms with E-state index in [1.807, 2.05) is 0 Å². The topological polar surface area (TPSA) is 90.1 Å². The summed E-state index contributed by atoms with van der Waals surface area (Å²) in [6.07, 6.45) is 1.00. The third kappa shape index (κ3) is 3.60. The van der Waals surface area contributed by atoms with Gasteiger partial charge < -0.3 is 14.6 Å². The van der Waals surface area contributed by atoms with Crippen LogP contribution in [0.15, 0.2) is 28.8 Å². The van der Waals surface area contributed by atoms with Crippen molar-refractivity contribution in [2.24, 2.45) is 0 Å². The molecule has 0 saturated carbocycles. The molecule has 7 heteroatoms. The average Bonchev–Trinajstić information content (AvgIpc) is 3.04. The van der Waals surface area contributed by atoms with E-state index in [4.69, 9.17) is 9.26 Å².